The highest BCUT2D eigenvalue weighted by molar-refractivity contribution is 5.55. The lowest BCUT2D eigenvalue weighted by molar-refractivity contribution is -0.385. The zero-order valence-corrected chi connectivity index (χ0v) is 10.5. The summed E-state index contributed by atoms with van der Waals surface area (Å²) in [4.78, 5) is 10.4. The standard InChI is InChI=1S/C14H14N2O3/c1-10-6-7-12(8-13(10)16(18)19)15-9-11-4-2-3-5-14(11)17/h2-8,15,17H,9H2,1H3. The number of rotatable bonds is 4. The van der Waals surface area contributed by atoms with E-state index in [1.807, 2.05) is 6.07 Å². The van der Waals surface area contributed by atoms with Gasteiger partial charge < -0.3 is 10.4 Å². The zero-order chi connectivity index (χ0) is 13.8. The van der Waals surface area contributed by atoms with Crippen molar-refractivity contribution < 1.29 is 10.0 Å². The number of aromatic hydroxyl groups is 1. The molecule has 2 aromatic rings. The fraction of sp³-hybridized carbons (Fsp3) is 0.143. The van der Waals surface area contributed by atoms with Crippen molar-refractivity contribution in [3.8, 4) is 5.75 Å². The number of nitro groups is 1. The number of para-hydroxylation sites is 1. The van der Waals surface area contributed by atoms with E-state index in [9.17, 15) is 15.2 Å². The van der Waals surface area contributed by atoms with Crippen LogP contribution in [0.2, 0.25) is 0 Å². The maximum atomic E-state index is 10.8. The van der Waals surface area contributed by atoms with Gasteiger partial charge in [-0.05, 0) is 19.1 Å². The molecular formula is C14H14N2O3. The van der Waals surface area contributed by atoms with Gasteiger partial charge in [0.2, 0.25) is 0 Å². The smallest absolute Gasteiger partial charge is 0.274 e. The first-order chi connectivity index (χ1) is 9.08. The minimum atomic E-state index is -0.402. The van der Waals surface area contributed by atoms with Gasteiger partial charge in [0.15, 0.2) is 0 Å². The molecule has 0 bridgehead atoms. The van der Waals surface area contributed by atoms with Gasteiger partial charge in [-0.15, -0.1) is 0 Å². The van der Waals surface area contributed by atoms with Crippen LogP contribution in [-0.4, -0.2) is 10.0 Å². The summed E-state index contributed by atoms with van der Waals surface area (Å²) in [6, 6.07) is 12.0. The first kappa shape index (κ1) is 12.9. The first-order valence-electron chi connectivity index (χ1n) is 5.83. The number of nitro benzene ring substituents is 1. The highest BCUT2D eigenvalue weighted by Crippen LogP contribution is 2.23. The third-order valence-electron chi connectivity index (χ3n) is 2.88. The number of phenolic OH excluding ortho intramolecular Hbond substituents is 1. The molecule has 2 N–H and O–H groups in total. The summed E-state index contributed by atoms with van der Waals surface area (Å²) in [5, 5.41) is 23.5. The van der Waals surface area contributed by atoms with E-state index in [1.54, 1.807) is 37.3 Å². The molecule has 19 heavy (non-hydrogen) atoms. The number of aryl methyl sites for hydroxylation is 1. The monoisotopic (exact) mass is 258 g/mol. The molecule has 0 aromatic heterocycles. The van der Waals surface area contributed by atoms with Crippen LogP contribution in [0.15, 0.2) is 42.5 Å². The lowest BCUT2D eigenvalue weighted by Crippen LogP contribution is -2.01. The second kappa shape index (κ2) is 5.39. The Bertz CT molecular complexity index is 611. The van der Waals surface area contributed by atoms with Gasteiger partial charge in [-0.2, -0.15) is 0 Å². The van der Waals surface area contributed by atoms with Crippen LogP contribution >= 0.6 is 0 Å². The van der Waals surface area contributed by atoms with Crippen LogP contribution in [0.25, 0.3) is 0 Å². The average Bonchev–Trinajstić information content (AvgIpc) is 2.39. The van der Waals surface area contributed by atoms with Gasteiger partial charge in [0.1, 0.15) is 5.75 Å². The molecule has 0 radical (unpaired) electrons. The van der Waals surface area contributed by atoms with Gasteiger partial charge in [-0.3, -0.25) is 10.1 Å². The fourth-order valence-corrected chi connectivity index (χ4v) is 1.77. The molecule has 5 heteroatoms. The minimum absolute atomic E-state index is 0.0854. The molecule has 0 heterocycles. The maximum absolute atomic E-state index is 10.8. The summed E-state index contributed by atoms with van der Waals surface area (Å²) in [7, 11) is 0. The summed E-state index contributed by atoms with van der Waals surface area (Å²) < 4.78 is 0. The summed E-state index contributed by atoms with van der Waals surface area (Å²) in [6.07, 6.45) is 0. The third-order valence-corrected chi connectivity index (χ3v) is 2.88. The van der Waals surface area contributed by atoms with Crippen LogP contribution in [0, 0.1) is 17.0 Å². The molecular weight excluding hydrogens is 244 g/mol. The highest BCUT2D eigenvalue weighted by Gasteiger charge is 2.10. The molecule has 0 saturated heterocycles. The first-order valence-corrected chi connectivity index (χ1v) is 5.83. The lowest BCUT2D eigenvalue weighted by Gasteiger charge is -2.08. The van der Waals surface area contributed by atoms with E-state index in [0.29, 0.717) is 17.8 Å². The van der Waals surface area contributed by atoms with E-state index in [1.165, 1.54) is 6.07 Å². The molecule has 0 spiro atoms. The van der Waals surface area contributed by atoms with Crippen molar-refractivity contribution in [3.05, 3.63) is 63.7 Å². The number of nitrogens with zero attached hydrogens (tertiary/aromatic N) is 1. The van der Waals surface area contributed by atoms with Crippen molar-refractivity contribution in [2.24, 2.45) is 0 Å². The Morgan fingerprint density at radius 3 is 2.68 bits per heavy atom. The van der Waals surface area contributed by atoms with Crippen LogP contribution < -0.4 is 5.32 Å². The molecule has 98 valence electrons. The largest absolute Gasteiger partial charge is 0.508 e. The van der Waals surface area contributed by atoms with E-state index in [4.69, 9.17) is 0 Å². The van der Waals surface area contributed by atoms with Gasteiger partial charge in [-0.25, -0.2) is 0 Å². The Balaban J connectivity index is 2.14. The fourth-order valence-electron chi connectivity index (χ4n) is 1.77. The number of benzene rings is 2. The SMILES string of the molecule is Cc1ccc(NCc2ccccc2O)cc1[N+](=O)[O-]. The Labute approximate surface area is 110 Å². The Morgan fingerprint density at radius 2 is 2.00 bits per heavy atom. The summed E-state index contributed by atoms with van der Waals surface area (Å²) in [5.74, 6) is 0.205. The van der Waals surface area contributed by atoms with E-state index in [-0.39, 0.29) is 11.4 Å². The molecule has 0 aliphatic rings. The predicted octanol–water partition coefficient (Wildman–Crippen LogP) is 3.22. The van der Waals surface area contributed by atoms with E-state index < -0.39 is 4.92 Å². The zero-order valence-electron chi connectivity index (χ0n) is 10.5. The molecule has 0 fully saturated rings. The third kappa shape index (κ3) is 3.01. The van der Waals surface area contributed by atoms with Crippen LogP contribution in [0.3, 0.4) is 0 Å². The van der Waals surface area contributed by atoms with Crippen molar-refractivity contribution in [2.75, 3.05) is 5.32 Å². The maximum Gasteiger partial charge on any atom is 0.274 e. The molecule has 0 amide bonds. The van der Waals surface area contributed by atoms with Crippen molar-refractivity contribution >= 4 is 11.4 Å². The quantitative estimate of drug-likeness (QED) is 0.652. The number of hydrogen-bond donors (Lipinski definition) is 2. The molecule has 5 nitrogen and oxygen atoms in total. The number of anilines is 1. The Morgan fingerprint density at radius 1 is 1.26 bits per heavy atom. The normalized spacial score (nSPS) is 10.2. The van der Waals surface area contributed by atoms with Crippen molar-refractivity contribution in [1.82, 2.24) is 0 Å². The van der Waals surface area contributed by atoms with E-state index in [2.05, 4.69) is 5.32 Å². The highest BCUT2D eigenvalue weighted by atomic mass is 16.6. The molecule has 0 saturated carbocycles. The average molecular weight is 258 g/mol. The Hall–Kier alpha value is -2.56. The summed E-state index contributed by atoms with van der Waals surface area (Å²) in [6.45, 7) is 2.11. The van der Waals surface area contributed by atoms with Crippen LogP contribution in [0.1, 0.15) is 11.1 Å². The Kier molecular flexibility index (Phi) is 3.66. The van der Waals surface area contributed by atoms with E-state index >= 15 is 0 Å². The summed E-state index contributed by atoms with van der Waals surface area (Å²) in [5.41, 5.74) is 2.10. The predicted molar refractivity (Wildman–Crippen MR) is 73.3 cm³/mol. The van der Waals surface area contributed by atoms with Crippen molar-refractivity contribution in [3.63, 3.8) is 0 Å². The van der Waals surface area contributed by atoms with Crippen LogP contribution in [0.5, 0.6) is 5.75 Å². The second-order valence-electron chi connectivity index (χ2n) is 4.24. The topological polar surface area (TPSA) is 75.4 Å². The van der Waals surface area contributed by atoms with E-state index in [0.717, 1.165) is 5.56 Å². The van der Waals surface area contributed by atoms with Crippen LogP contribution in [0.4, 0.5) is 11.4 Å². The van der Waals surface area contributed by atoms with Gasteiger partial charge in [0.25, 0.3) is 5.69 Å². The molecule has 2 rings (SSSR count). The van der Waals surface area contributed by atoms with Crippen LogP contribution in [-0.2, 0) is 6.54 Å². The number of nitrogens with one attached hydrogen (secondary N) is 1. The molecule has 0 atom stereocenters. The number of hydrogen-bond acceptors (Lipinski definition) is 4. The lowest BCUT2D eigenvalue weighted by atomic mass is 10.1. The molecule has 0 aliphatic carbocycles. The summed E-state index contributed by atoms with van der Waals surface area (Å²) >= 11 is 0. The van der Waals surface area contributed by atoms with Crippen molar-refractivity contribution in [2.45, 2.75) is 13.5 Å². The molecule has 2 aromatic carbocycles. The van der Waals surface area contributed by atoms with Crippen molar-refractivity contribution in [1.29, 1.82) is 0 Å². The molecule has 0 aliphatic heterocycles. The van der Waals surface area contributed by atoms with Gasteiger partial charge in [0, 0.05) is 29.4 Å². The van der Waals surface area contributed by atoms with Gasteiger partial charge in [0.05, 0.1) is 4.92 Å². The number of phenols is 1. The minimum Gasteiger partial charge on any atom is -0.508 e. The van der Waals surface area contributed by atoms with Gasteiger partial charge in [-0.1, -0.05) is 24.3 Å². The van der Waals surface area contributed by atoms with Gasteiger partial charge >= 0.3 is 0 Å². The second-order valence-corrected chi connectivity index (χ2v) is 4.24. The molecule has 0 unspecified atom stereocenters.